The van der Waals surface area contributed by atoms with Crippen LogP contribution in [0.1, 0.15) is 18.9 Å². The highest BCUT2D eigenvalue weighted by Crippen LogP contribution is 2.11. The van der Waals surface area contributed by atoms with Gasteiger partial charge in [0.25, 0.3) is 0 Å². The van der Waals surface area contributed by atoms with Crippen LogP contribution in [0.5, 0.6) is 0 Å². The molecule has 1 aromatic rings. The van der Waals surface area contributed by atoms with E-state index in [2.05, 4.69) is 0 Å². The van der Waals surface area contributed by atoms with Crippen LogP contribution in [0.2, 0.25) is 0 Å². The molecule has 0 aliphatic carbocycles. The molecule has 0 amide bonds. The van der Waals surface area contributed by atoms with Crippen LogP contribution in [0.25, 0.3) is 0 Å². The largest absolute Gasteiger partial charge is 0.328 e. The summed E-state index contributed by atoms with van der Waals surface area (Å²) < 4.78 is 25.7. The third kappa shape index (κ3) is 3.75. The normalized spacial score (nSPS) is 12.5. The van der Waals surface area contributed by atoms with E-state index in [0.29, 0.717) is 0 Å². The molecule has 0 aliphatic rings. The van der Waals surface area contributed by atoms with Crippen molar-refractivity contribution < 1.29 is 13.6 Å². The smallest absolute Gasteiger partial charge is 0.138 e. The zero-order chi connectivity index (χ0) is 11.4. The van der Waals surface area contributed by atoms with E-state index in [1.165, 1.54) is 6.07 Å². The van der Waals surface area contributed by atoms with Crippen LogP contribution in [0, 0.1) is 11.6 Å². The number of nitrogens with two attached hydrogens (primary N) is 1. The van der Waals surface area contributed by atoms with Gasteiger partial charge in [0.1, 0.15) is 17.4 Å². The van der Waals surface area contributed by atoms with Crippen LogP contribution < -0.4 is 5.73 Å². The first-order valence-electron chi connectivity index (χ1n) is 4.70. The van der Waals surface area contributed by atoms with Gasteiger partial charge >= 0.3 is 0 Å². The lowest BCUT2D eigenvalue weighted by atomic mass is 10.0. The first-order chi connectivity index (χ1) is 6.99. The number of carbonyl (C=O) groups excluding carboxylic acids is 1. The van der Waals surface area contributed by atoms with Crippen molar-refractivity contribution >= 4 is 5.78 Å². The molecule has 0 radical (unpaired) electrons. The summed E-state index contributed by atoms with van der Waals surface area (Å²) in [5.41, 5.74) is 5.64. The van der Waals surface area contributed by atoms with Crippen LogP contribution in [0.3, 0.4) is 0 Å². The lowest BCUT2D eigenvalue weighted by Gasteiger charge is -2.05. The van der Waals surface area contributed by atoms with E-state index >= 15 is 0 Å². The zero-order valence-electron chi connectivity index (χ0n) is 8.47. The number of benzene rings is 1. The minimum Gasteiger partial charge on any atom is -0.328 e. The number of ketones is 1. The maximum absolute atomic E-state index is 13.1. The molecule has 82 valence electrons. The van der Waals surface area contributed by atoms with Crippen LogP contribution in [0.4, 0.5) is 8.78 Å². The van der Waals surface area contributed by atoms with Crippen molar-refractivity contribution in [3.63, 3.8) is 0 Å². The van der Waals surface area contributed by atoms with Crippen LogP contribution in [0.15, 0.2) is 18.2 Å². The molecule has 0 saturated carbocycles. The molecular formula is C11H13F2NO. The van der Waals surface area contributed by atoms with Gasteiger partial charge in [-0.15, -0.1) is 0 Å². The fraction of sp³-hybridized carbons (Fsp3) is 0.364. The van der Waals surface area contributed by atoms with Crippen LogP contribution in [-0.2, 0) is 11.2 Å². The SMILES string of the molecule is CC(N)CC(=O)Cc1ccc(F)cc1F. The van der Waals surface area contributed by atoms with Gasteiger partial charge in [-0.25, -0.2) is 8.78 Å². The van der Waals surface area contributed by atoms with Gasteiger partial charge in [0, 0.05) is 24.9 Å². The highest BCUT2D eigenvalue weighted by Gasteiger charge is 2.10. The van der Waals surface area contributed by atoms with Gasteiger partial charge in [-0.05, 0) is 18.6 Å². The number of carbonyl (C=O) groups is 1. The molecule has 2 N–H and O–H groups in total. The van der Waals surface area contributed by atoms with Crippen molar-refractivity contribution in [3.8, 4) is 0 Å². The summed E-state index contributed by atoms with van der Waals surface area (Å²) in [5.74, 6) is -1.47. The van der Waals surface area contributed by atoms with Crippen molar-refractivity contribution in [3.05, 3.63) is 35.4 Å². The van der Waals surface area contributed by atoms with Crippen LogP contribution >= 0.6 is 0 Å². The second-order valence-electron chi connectivity index (χ2n) is 3.63. The molecule has 0 heterocycles. The van der Waals surface area contributed by atoms with E-state index in [1.807, 2.05) is 0 Å². The van der Waals surface area contributed by atoms with Gasteiger partial charge in [0.2, 0.25) is 0 Å². The summed E-state index contributed by atoms with van der Waals surface area (Å²) >= 11 is 0. The second-order valence-corrected chi connectivity index (χ2v) is 3.63. The Labute approximate surface area is 87.1 Å². The fourth-order valence-corrected chi connectivity index (χ4v) is 1.31. The number of hydrogen-bond donors (Lipinski definition) is 1. The quantitative estimate of drug-likeness (QED) is 0.828. The minimum absolute atomic E-state index is 0.0341. The van der Waals surface area contributed by atoms with Crippen molar-refractivity contribution in [1.82, 2.24) is 0 Å². The van der Waals surface area contributed by atoms with Gasteiger partial charge in [-0.3, -0.25) is 4.79 Å². The van der Waals surface area contributed by atoms with Gasteiger partial charge in [0.15, 0.2) is 0 Å². The van der Waals surface area contributed by atoms with E-state index in [0.717, 1.165) is 12.1 Å². The molecule has 2 nitrogen and oxygen atoms in total. The number of hydrogen-bond acceptors (Lipinski definition) is 2. The van der Waals surface area contributed by atoms with E-state index in [4.69, 9.17) is 5.73 Å². The van der Waals surface area contributed by atoms with Crippen molar-refractivity contribution in [2.75, 3.05) is 0 Å². The van der Waals surface area contributed by atoms with E-state index in [-0.39, 0.29) is 30.2 Å². The molecule has 1 rings (SSSR count). The molecule has 1 atom stereocenters. The van der Waals surface area contributed by atoms with E-state index in [9.17, 15) is 13.6 Å². The molecular weight excluding hydrogens is 200 g/mol. The van der Waals surface area contributed by atoms with E-state index in [1.54, 1.807) is 6.92 Å². The maximum atomic E-state index is 13.1. The fourth-order valence-electron chi connectivity index (χ4n) is 1.31. The molecule has 4 heteroatoms. The Morgan fingerprint density at radius 2 is 2.13 bits per heavy atom. The summed E-state index contributed by atoms with van der Waals surface area (Å²) in [7, 11) is 0. The highest BCUT2D eigenvalue weighted by atomic mass is 19.1. The first-order valence-corrected chi connectivity index (χ1v) is 4.70. The van der Waals surface area contributed by atoms with E-state index < -0.39 is 11.6 Å². The second kappa shape index (κ2) is 4.98. The molecule has 0 fully saturated rings. The maximum Gasteiger partial charge on any atom is 0.138 e. The highest BCUT2D eigenvalue weighted by molar-refractivity contribution is 5.81. The van der Waals surface area contributed by atoms with Crippen LogP contribution in [-0.4, -0.2) is 11.8 Å². The third-order valence-electron chi connectivity index (χ3n) is 1.95. The monoisotopic (exact) mass is 213 g/mol. The number of halogens is 2. The average Bonchev–Trinajstić information content (AvgIpc) is 2.08. The molecule has 0 spiro atoms. The molecule has 0 saturated heterocycles. The van der Waals surface area contributed by atoms with Crippen molar-refractivity contribution in [1.29, 1.82) is 0 Å². The summed E-state index contributed by atoms with van der Waals surface area (Å²) in [6.45, 7) is 1.71. The summed E-state index contributed by atoms with van der Waals surface area (Å²) in [6.07, 6.45) is 0.171. The van der Waals surface area contributed by atoms with Crippen molar-refractivity contribution in [2.45, 2.75) is 25.8 Å². The number of Topliss-reactive ketones (excluding diaryl/α,β-unsaturated/α-hetero) is 1. The molecule has 0 aromatic heterocycles. The topological polar surface area (TPSA) is 43.1 Å². The minimum atomic E-state index is -0.687. The Kier molecular flexibility index (Phi) is 3.91. The molecule has 1 aromatic carbocycles. The summed E-state index contributed by atoms with van der Waals surface area (Å²) in [6, 6.07) is 2.96. The van der Waals surface area contributed by atoms with Gasteiger partial charge in [-0.2, -0.15) is 0 Å². The lowest BCUT2D eigenvalue weighted by Crippen LogP contribution is -2.20. The Morgan fingerprint density at radius 1 is 1.47 bits per heavy atom. The Bertz CT molecular complexity index is 364. The molecule has 15 heavy (non-hydrogen) atoms. The van der Waals surface area contributed by atoms with Gasteiger partial charge in [0.05, 0.1) is 0 Å². The Morgan fingerprint density at radius 3 is 2.67 bits per heavy atom. The summed E-state index contributed by atoms with van der Waals surface area (Å²) in [5, 5.41) is 0. The predicted octanol–water partition coefficient (Wildman–Crippen LogP) is 1.81. The lowest BCUT2D eigenvalue weighted by molar-refractivity contribution is -0.118. The average molecular weight is 213 g/mol. The Balaban J connectivity index is 2.68. The first kappa shape index (κ1) is 11.8. The molecule has 0 aliphatic heterocycles. The Hall–Kier alpha value is -1.29. The standard InChI is InChI=1S/C11H13F2NO/c1-7(14)4-10(15)5-8-2-3-9(12)6-11(8)13/h2-3,6-7H,4-5,14H2,1H3. The summed E-state index contributed by atoms with van der Waals surface area (Å²) in [4.78, 5) is 11.3. The molecule has 1 unspecified atom stereocenters. The number of rotatable bonds is 4. The predicted molar refractivity (Wildman–Crippen MR) is 53.3 cm³/mol. The zero-order valence-corrected chi connectivity index (χ0v) is 8.47. The third-order valence-corrected chi connectivity index (χ3v) is 1.95. The van der Waals surface area contributed by atoms with Crippen molar-refractivity contribution in [2.24, 2.45) is 5.73 Å². The van der Waals surface area contributed by atoms with Gasteiger partial charge in [-0.1, -0.05) is 6.07 Å². The van der Waals surface area contributed by atoms with Gasteiger partial charge < -0.3 is 5.73 Å². The molecule has 0 bridgehead atoms.